The third kappa shape index (κ3) is 3.11. The summed E-state index contributed by atoms with van der Waals surface area (Å²) < 4.78 is 2.17. The number of nitrogens with zero attached hydrogens (tertiary/aromatic N) is 3. The van der Waals surface area contributed by atoms with Crippen LogP contribution in [0.15, 0.2) is 5.38 Å². The second-order valence-corrected chi connectivity index (χ2v) is 6.09. The zero-order chi connectivity index (χ0) is 15.6. The van der Waals surface area contributed by atoms with Gasteiger partial charge in [-0.25, -0.2) is 4.98 Å². The fourth-order valence-corrected chi connectivity index (χ4v) is 3.45. The summed E-state index contributed by atoms with van der Waals surface area (Å²) >= 11 is 1.65. The number of nitrogens with one attached hydrogen (secondary N) is 1. The lowest BCUT2D eigenvalue weighted by molar-refractivity contribution is -0.132. The summed E-state index contributed by atoms with van der Waals surface area (Å²) in [6, 6.07) is -0.186. The van der Waals surface area contributed by atoms with Gasteiger partial charge in [0.05, 0.1) is 17.4 Å². The van der Waals surface area contributed by atoms with Crippen LogP contribution in [0.3, 0.4) is 0 Å². The molecule has 2 aromatic rings. The largest absolute Gasteiger partial charge is 0.342 e. The fraction of sp³-hybridized carbons (Fsp3) is 0.600. The molecule has 1 unspecified atom stereocenters. The van der Waals surface area contributed by atoms with Gasteiger partial charge in [0.2, 0.25) is 5.91 Å². The Morgan fingerprint density at radius 2 is 2.10 bits per heavy atom. The van der Waals surface area contributed by atoms with Gasteiger partial charge in [0.15, 0.2) is 4.96 Å². The minimum Gasteiger partial charge on any atom is -0.342 e. The molecule has 0 aliphatic heterocycles. The van der Waals surface area contributed by atoms with E-state index in [1.807, 2.05) is 32.6 Å². The van der Waals surface area contributed by atoms with Crippen LogP contribution >= 0.6 is 11.3 Å². The minimum absolute atomic E-state index is 0.153. The minimum atomic E-state index is -0.186. The molecule has 0 saturated carbocycles. The molecule has 0 fully saturated rings. The van der Waals surface area contributed by atoms with Gasteiger partial charge in [-0.05, 0) is 34.6 Å². The highest BCUT2D eigenvalue weighted by Gasteiger charge is 2.19. The molecule has 116 valence electrons. The Morgan fingerprint density at radius 3 is 2.71 bits per heavy atom. The number of amides is 1. The lowest BCUT2D eigenvalue weighted by atomic mass is 10.2. The number of hydrogen-bond donors (Lipinski definition) is 1. The van der Waals surface area contributed by atoms with Crippen LogP contribution in [0.5, 0.6) is 0 Å². The molecule has 21 heavy (non-hydrogen) atoms. The molecule has 1 amide bonds. The van der Waals surface area contributed by atoms with Crippen molar-refractivity contribution in [2.24, 2.45) is 0 Å². The molecule has 1 atom stereocenters. The quantitative estimate of drug-likeness (QED) is 0.891. The first-order valence-corrected chi connectivity index (χ1v) is 8.31. The standard InChI is InChI=1S/C15H24N4OS/c1-6-18(7-2)14(20)12(5)16-8-13-11(4)17-15-19(13)10(3)9-21-15/h9,12,16H,6-8H2,1-5H3. The third-order valence-electron chi connectivity index (χ3n) is 3.85. The molecule has 0 bridgehead atoms. The highest BCUT2D eigenvalue weighted by Crippen LogP contribution is 2.20. The molecule has 0 saturated heterocycles. The number of carbonyl (C=O) groups is 1. The molecule has 2 aromatic heterocycles. The number of thiazole rings is 1. The van der Waals surface area contributed by atoms with E-state index < -0.39 is 0 Å². The number of imidazole rings is 1. The first kappa shape index (κ1) is 16.0. The van der Waals surface area contributed by atoms with Crippen LogP contribution in [0.25, 0.3) is 4.96 Å². The molecule has 6 heteroatoms. The molecule has 5 nitrogen and oxygen atoms in total. The Morgan fingerprint density at radius 1 is 1.43 bits per heavy atom. The van der Waals surface area contributed by atoms with E-state index in [2.05, 4.69) is 27.0 Å². The Labute approximate surface area is 130 Å². The van der Waals surface area contributed by atoms with Crippen molar-refractivity contribution in [3.63, 3.8) is 0 Å². The maximum absolute atomic E-state index is 12.3. The zero-order valence-corrected chi connectivity index (χ0v) is 14.3. The highest BCUT2D eigenvalue weighted by molar-refractivity contribution is 7.15. The molecule has 0 aliphatic carbocycles. The van der Waals surface area contributed by atoms with E-state index in [0.29, 0.717) is 6.54 Å². The zero-order valence-electron chi connectivity index (χ0n) is 13.4. The van der Waals surface area contributed by atoms with Gasteiger partial charge in [0, 0.05) is 30.7 Å². The van der Waals surface area contributed by atoms with E-state index in [-0.39, 0.29) is 11.9 Å². The van der Waals surface area contributed by atoms with Crippen molar-refractivity contribution < 1.29 is 4.79 Å². The van der Waals surface area contributed by atoms with Gasteiger partial charge in [-0.3, -0.25) is 9.20 Å². The van der Waals surface area contributed by atoms with E-state index in [9.17, 15) is 4.79 Å². The number of carbonyl (C=O) groups excluding carboxylic acids is 1. The van der Waals surface area contributed by atoms with E-state index in [1.165, 1.54) is 5.69 Å². The van der Waals surface area contributed by atoms with Crippen LogP contribution in [0.1, 0.15) is 37.9 Å². The average Bonchev–Trinajstić information content (AvgIpc) is 2.97. The Kier molecular flexibility index (Phi) is 5.00. The highest BCUT2D eigenvalue weighted by atomic mass is 32.1. The second-order valence-electron chi connectivity index (χ2n) is 5.25. The van der Waals surface area contributed by atoms with E-state index in [1.54, 1.807) is 11.3 Å². The molecule has 0 aliphatic rings. The van der Waals surface area contributed by atoms with Crippen LogP contribution in [0.4, 0.5) is 0 Å². The summed E-state index contributed by atoms with van der Waals surface area (Å²) in [7, 11) is 0. The third-order valence-corrected chi connectivity index (χ3v) is 4.79. The van der Waals surface area contributed by atoms with Gasteiger partial charge < -0.3 is 10.2 Å². The molecule has 0 radical (unpaired) electrons. The maximum Gasteiger partial charge on any atom is 0.239 e. The van der Waals surface area contributed by atoms with E-state index in [0.717, 1.165) is 29.4 Å². The topological polar surface area (TPSA) is 49.6 Å². The summed E-state index contributed by atoms with van der Waals surface area (Å²) in [5.74, 6) is 0.153. The summed E-state index contributed by atoms with van der Waals surface area (Å²) in [4.78, 5) is 19.7. The first-order valence-electron chi connectivity index (χ1n) is 7.43. The predicted octanol–water partition coefficient (Wildman–Crippen LogP) is 2.36. The van der Waals surface area contributed by atoms with Crippen LogP contribution in [0, 0.1) is 13.8 Å². The number of fused-ring (bicyclic) bond motifs is 1. The van der Waals surface area contributed by atoms with Crippen molar-refractivity contribution in [1.82, 2.24) is 19.6 Å². The van der Waals surface area contributed by atoms with Gasteiger partial charge in [0.25, 0.3) is 0 Å². The van der Waals surface area contributed by atoms with Crippen molar-refractivity contribution in [1.29, 1.82) is 0 Å². The molecule has 2 rings (SSSR count). The maximum atomic E-state index is 12.3. The van der Waals surface area contributed by atoms with Crippen molar-refractivity contribution >= 4 is 22.2 Å². The predicted molar refractivity (Wildman–Crippen MR) is 86.8 cm³/mol. The summed E-state index contributed by atoms with van der Waals surface area (Å²) in [5.41, 5.74) is 3.36. The molecule has 0 aromatic carbocycles. The molecular formula is C15H24N4OS. The van der Waals surface area contributed by atoms with Gasteiger partial charge in [-0.15, -0.1) is 11.3 Å². The lowest BCUT2D eigenvalue weighted by Crippen LogP contribution is -2.44. The normalized spacial score (nSPS) is 12.8. The average molecular weight is 308 g/mol. The van der Waals surface area contributed by atoms with E-state index >= 15 is 0 Å². The number of aryl methyl sites for hydroxylation is 2. The second kappa shape index (κ2) is 6.58. The van der Waals surface area contributed by atoms with Crippen molar-refractivity contribution in [2.75, 3.05) is 13.1 Å². The van der Waals surface area contributed by atoms with Gasteiger partial charge in [0.1, 0.15) is 0 Å². The summed E-state index contributed by atoms with van der Waals surface area (Å²) in [6.45, 7) is 12.2. The van der Waals surface area contributed by atoms with Crippen LogP contribution in [-0.4, -0.2) is 39.3 Å². The first-order chi connectivity index (χ1) is 9.99. The van der Waals surface area contributed by atoms with Gasteiger partial charge in [-0.2, -0.15) is 0 Å². The number of hydrogen-bond acceptors (Lipinski definition) is 4. The Hall–Kier alpha value is -1.40. The number of aromatic nitrogens is 2. The SMILES string of the molecule is CCN(CC)C(=O)C(C)NCc1c(C)nc2scc(C)n12. The summed E-state index contributed by atoms with van der Waals surface area (Å²) in [5, 5.41) is 5.44. The van der Waals surface area contributed by atoms with Crippen LogP contribution in [0.2, 0.25) is 0 Å². The Bertz CT molecular complexity index is 627. The smallest absolute Gasteiger partial charge is 0.239 e. The van der Waals surface area contributed by atoms with Crippen LogP contribution in [-0.2, 0) is 11.3 Å². The lowest BCUT2D eigenvalue weighted by Gasteiger charge is -2.23. The number of rotatable bonds is 6. The van der Waals surface area contributed by atoms with Crippen molar-refractivity contribution in [3.05, 3.63) is 22.5 Å². The molecule has 2 heterocycles. The molecule has 1 N–H and O–H groups in total. The Balaban J connectivity index is 2.09. The molecular weight excluding hydrogens is 284 g/mol. The van der Waals surface area contributed by atoms with E-state index in [4.69, 9.17) is 0 Å². The number of likely N-dealkylation sites (N-methyl/N-ethyl adjacent to an activating group) is 1. The van der Waals surface area contributed by atoms with Gasteiger partial charge >= 0.3 is 0 Å². The van der Waals surface area contributed by atoms with Crippen molar-refractivity contribution in [2.45, 2.75) is 47.2 Å². The monoisotopic (exact) mass is 308 g/mol. The fourth-order valence-electron chi connectivity index (χ4n) is 2.52. The van der Waals surface area contributed by atoms with Crippen LogP contribution < -0.4 is 5.32 Å². The molecule has 0 spiro atoms. The summed E-state index contributed by atoms with van der Waals surface area (Å²) in [6.07, 6.45) is 0. The van der Waals surface area contributed by atoms with Crippen molar-refractivity contribution in [3.8, 4) is 0 Å². The van der Waals surface area contributed by atoms with Gasteiger partial charge in [-0.1, -0.05) is 0 Å².